The van der Waals surface area contributed by atoms with Crippen molar-refractivity contribution in [2.45, 2.75) is 38.8 Å². The molecule has 1 saturated carbocycles. The Balaban J connectivity index is 1.41. The number of aryl methyl sites for hydroxylation is 1. The summed E-state index contributed by atoms with van der Waals surface area (Å²) >= 11 is 0. The molecule has 5 rings (SSSR count). The molecule has 0 aliphatic heterocycles. The molecule has 1 amide bonds. The fourth-order valence-electron chi connectivity index (χ4n) is 3.58. The van der Waals surface area contributed by atoms with Gasteiger partial charge >= 0.3 is 0 Å². The topological polar surface area (TPSA) is 109 Å². The Labute approximate surface area is 177 Å². The molecule has 1 aliphatic carbocycles. The van der Waals surface area contributed by atoms with Crippen molar-refractivity contribution in [2.75, 3.05) is 5.32 Å². The molecule has 158 valence electrons. The molecule has 0 unspecified atom stereocenters. The molecule has 31 heavy (non-hydrogen) atoms. The SMILES string of the molecule is Cc1oc2ncnc(NC3(C)CC3)c2c1C(=O)NCc1c[nH]nc1-c1ccc(F)cc1. The number of H-pyrrole nitrogens is 1. The van der Waals surface area contributed by atoms with Crippen LogP contribution in [0.5, 0.6) is 0 Å². The van der Waals surface area contributed by atoms with Gasteiger partial charge in [-0.3, -0.25) is 9.89 Å². The third-order valence-electron chi connectivity index (χ3n) is 5.59. The van der Waals surface area contributed by atoms with Crippen LogP contribution < -0.4 is 10.6 Å². The fourth-order valence-corrected chi connectivity index (χ4v) is 3.58. The third-order valence-corrected chi connectivity index (χ3v) is 5.59. The zero-order valence-electron chi connectivity index (χ0n) is 17.1. The summed E-state index contributed by atoms with van der Waals surface area (Å²) in [6.07, 6.45) is 5.23. The van der Waals surface area contributed by atoms with Crippen molar-refractivity contribution >= 4 is 22.8 Å². The Hall–Kier alpha value is -3.75. The summed E-state index contributed by atoms with van der Waals surface area (Å²) in [6.45, 7) is 4.09. The number of benzene rings is 1. The Bertz CT molecular complexity index is 1270. The van der Waals surface area contributed by atoms with E-state index in [0.29, 0.717) is 33.9 Å². The summed E-state index contributed by atoms with van der Waals surface area (Å²) in [5, 5.41) is 14.0. The van der Waals surface area contributed by atoms with Gasteiger partial charge in [0.15, 0.2) is 0 Å². The molecule has 3 N–H and O–H groups in total. The van der Waals surface area contributed by atoms with Crippen LogP contribution in [0.3, 0.4) is 0 Å². The second-order valence-electron chi connectivity index (χ2n) is 8.07. The van der Waals surface area contributed by atoms with Crippen molar-refractivity contribution in [1.82, 2.24) is 25.5 Å². The van der Waals surface area contributed by atoms with Crippen molar-refractivity contribution in [2.24, 2.45) is 0 Å². The number of halogens is 1. The Kier molecular flexibility index (Phi) is 4.46. The number of carbonyl (C=O) groups excluding carboxylic acids is 1. The first-order valence-corrected chi connectivity index (χ1v) is 10.0. The van der Waals surface area contributed by atoms with Crippen LogP contribution in [0, 0.1) is 12.7 Å². The second-order valence-corrected chi connectivity index (χ2v) is 8.07. The number of anilines is 1. The van der Waals surface area contributed by atoms with E-state index in [2.05, 4.69) is 37.7 Å². The van der Waals surface area contributed by atoms with Crippen LogP contribution in [-0.2, 0) is 6.54 Å². The number of nitrogens with one attached hydrogen (secondary N) is 3. The van der Waals surface area contributed by atoms with Crippen molar-refractivity contribution < 1.29 is 13.6 Å². The van der Waals surface area contributed by atoms with E-state index in [-0.39, 0.29) is 23.8 Å². The highest BCUT2D eigenvalue weighted by atomic mass is 19.1. The highest BCUT2D eigenvalue weighted by molar-refractivity contribution is 6.10. The van der Waals surface area contributed by atoms with E-state index in [1.54, 1.807) is 25.3 Å². The van der Waals surface area contributed by atoms with E-state index in [9.17, 15) is 9.18 Å². The highest BCUT2D eigenvalue weighted by Crippen LogP contribution is 2.40. The first-order valence-electron chi connectivity index (χ1n) is 10.0. The number of amides is 1. The quantitative estimate of drug-likeness (QED) is 0.436. The fraction of sp³-hybridized carbons (Fsp3) is 0.273. The largest absolute Gasteiger partial charge is 0.442 e. The summed E-state index contributed by atoms with van der Waals surface area (Å²) in [4.78, 5) is 21.7. The van der Waals surface area contributed by atoms with E-state index in [4.69, 9.17) is 4.42 Å². The van der Waals surface area contributed by atoms with Crippen LogP contribution in [0.2, 0.25) is 0 Å². The molecule has 1 aromatic carbocycles. The van der Waals surface area contributed by atoms with Crippen LogP contribution >= 0.6 is 0 Å². The first kappa shape index (κ1) is 19.2. The molecule has 0 spiro atoms. The van der Waals surface area contributed by atoms with Crippen molar-refractivity contribution in [3.05, 3.63) is 59.5 Å². The van der Waals surface area contributed by atoms with Crippen LogP contribution in [0.1, 0.15) is 41.4 Å². The minimum Gasteiger partial charge on any atom is -0.442 e. The maximum Gasteiger partial charge on any atom is 0.255 e. The highest BCUT2D eigenvalue weighted by Gasteiger charge is 2.38. The number of hydrogen-bond acceptors (Lipinski definition) is 6. The zero-order valence-corrected chi connectivity index (χ0v) is 17.1. The molecule has 0 bridgehead atoms. The number of aromatic nitrogens is 4. The minimum absolute atomic E-state index is 0.0128. The van der Waals surface area contributed by atoms with Crippen LogP contribution in [0.4, 0.5) is 10.2 Å². The number of furan rings is 1. The summed E-state index contributed by atoms with van der Waals surface area (Å²) in [5.41, 5.74) is 2.97. The molecule has 1 fully saturated rings. The number of nitrogens with zero attached hydrogens (tertiary/aromatic N) is 3. The Morgan fingerprint density at radius 3 is 2.77 bits per heavy atom. The third kappa shape index (κ3) is 3.63. The minimum atomic E-state index is -0.317. The number of fused-ring (bicyclic) bond motifs is 1. The van der Waals surface area contributed by atoms with Gasteiger partial charge in [0.05, 0.1) is 16.6 Å². The Morgan fingerprint density at radius 2 is 2.03 bits per heavy atom. The lowest BCUT2D eigenvalue weighted by molar-refractivity contribution is 0.0951. The second kappa shape index (κ2) is 7.19. The summed E-state index contributed by atoms with van der Waals surface area (Å²) in [7, 11) is 0. The Morgan fingerprint density at radius 1 is 1.26 bits per heavy atom. The van der Waals surface area contributed by atoms with Crippen LogP contribution in [-0.4, -0.2) is 31.6 Å². The maximum atomic E-state index is 13.2. The van der Waals surface area contributed by atoms with Gasteiger partial charge in [0.1, 0.15) is 23.7 Å². The first-order chi connectivity index (χ1) is 14.9. The average molecular weight is 420 g/mol. The monoisotopic (exact) mass is 420 g/mol. The molecular formula is C22H21FN6O2. The van der Waals surface area contributed by atoms with Gasteiger partial charge in [0.25, 0.3) is 5.91 Å². The van der Waals surface area contributed by atoms with E-state index < -0.39 is 0 Å². The molecule has 3 heterocycles. The van der Waals surface area contributed by atoms with Gasteiger partial charge in [0, 0.05) is 29.4 Å². The molecule has 9 heteroatoms. The maximum absolute atomic E-state index is 13.2. The average Bonchev–Trinajstić information content (AvgIpc) is 3.14. The van der Waals surface area contributed by atoms with Gasteiger partial charge in [0.2, 0.25) is 5.71 Å². The van der Waals surface area contributed by atoms with Crippen LogP contribution in [0.25, 0.3) is 22.4 Å². The zero-order chi connectivity index (χ0) is 21.6. The van der Waals surface area contributed by atoms with Gasteiger partial charge in [-0.2, -0.15) is 5.10 Å². The van der Waals surface area contributed by atoms with Crippen molar-refractivity contribution in [3.8, 4) is 11.3 Å². The molecule has 1 aliphatic rings. The lowest BCUT2D eigenvalue weighted by atomic mass is 10.1. The van der Waals surface area contributed by atoms with Gasteiger partial charge in [-0.1, -0.05) is 0 Å². The van der Waals surface area contributed by atoms with Crippen LogP contribution in [0.15, 0.2) is 41.2 Å². The van der Waals surface area contributed by atoms with E-state index in [1.165, 1.54) is 18.5 Å². The normalized spacial score (nSPS) is 14.5. The lowest BCUT2D eigenvalue weighted by Crippen LogP contribution is -2.24. The smallest absolute Gasteiger partial charge is 0.255 e. The predicted octanol–water partition coefficient (Wildman–Crippen LogP) is 3.95. The number of carbonyl (C=O) groups is 1. The number of rotatable bonds is 6. The van der Waals surface area contributed by atoms with Gasteiger partial charge in [-0.05, 0) is 51.0 Å². The summed E-state index contributed by atoms with van der Waals surface area (Å²) in [6, 6.07) is 6.06. The van der Waals surface area contributed by atoms with E-state index in [0.717, 1.165) is 24.0 Å². The van der Waals surface area contributed by atoms with Gasteiger partial charge in [-0.15, -0.1) is 0 Å². The number of hydrogen-bond donors (Lipinski definition) is 3. The molecule has 8 nitrogen and oxygen atoms in total. The molecule has 4 aromatic rings. The molecular weight excluding hydrogens is 399 g/mol. The number of aromatic amines is 1. The van der Waals surface area contributed by atoms with Gasteiger partial charge in [-0.25, -0.2) is 14.4 Å². The summed E-state index contributed by atoms with van der Waals surface area (Å²) < 4.78 is 19.0. The molecule has 0 saturated heterocycles. The predicted molar refractivity (Wildman–Crippen MR) is 113 cm³/mol. The molecule has 3 aromatic heterocycles. The molecule has 0 atom stereocenters. The molecule has 0 radical (unpaired) electrons. The lowest BCUT2D eigenvalue weighted by Gasteiger charge is -2.13. The van der Waals surface area contributed by atoms with Crippen molar-refractivity contribution in [3.63, 3.8) is 0 Å². The summed E-state index contributed by atoms with van der Waals surface area (Å²) in [5.74, 6) is 0.467. The van der Waals surface area contributed by atoms with E-state index in [1.807, 2.05) is 0 Å². The van der Waals surface area contributed by atoms with Gasteiger partial charge < -0.3 is 15.1 Å². The van der Waals surface area contributed by atoms with Crippen molar-refractivity contribution in [1.29, 1.82) is 0 Å². The standard InChI is InChI=1S/C22H21FN6O2/c1-12-16(17-19(28-22(2)7-8-22)25-11-26-21(17)31-12)20(30)24-9-14-10-27-29-18(14)13-3-5-15(23)6-4-13/h3-6,10-11H,7-9H2,1-2H3,(H,24,30)(H,27,29)(H,25,26,28). The van der Waals surface area contributed by atoms with E-state index >= 15 is 0 Å².